The molecule has 1 aliphatic carbocycles. The summed E-state index contributed by atoms with van der Waals surface area (Å²) in [6.07, 6.45) is 2.11. The van der Waals surface area contributed by atoms with Crippen LogP contribution < -0.4 is 0 Å². The molecular weight excluding hydrogens is 235 g/mol. The van der Waals surface area contributed by atoms with E-state index in [0.717, 1.165) is 24.0 Å². The highest BCUT2D eigenvalue weighted by Crippen LogP contribution is 2.55. The zero-order chi connectivity index (χ0) is 13.6. The van der Waals surface area contributed by atoms with Crippen molar-refractivity contribution in [3.8, 4) is 0 Å². The summed E-state index contributed by atoms with van der Waals surface area (Å²) in [5.41, 5.74) is 5.83. The number of halogens is 1. The van der Waals surface area contributed by atoms with E-state index in [2.05, 4.69) is 32.0 Å². The van der Waals surface area contributed by atoms with Crippen molar-refractivity contribution >= 4 is 0 Å². The Balaban J connectivity index is 2.18. The lowest BCUT2D eigenvalue weighted by Gasteiger charge is -2.21. The van der Waals surface area contributed by atoms with Crippen LogP contribution in [0.25, 0.3) is 0 Å². The Morgan fingerprint density at radius 3 is 2.37 bits per heavy atom. The molecule has 0 radical (unpaired) electrons. The van der Waals surface area contributed by atoms with E-state index in [4.69, 9.17) is 0 Å². The first-order chi connectivity index (χ1) is 9.04. The first-order valence-corrected chi connectivity index (χ1v) is 6.88. The van der Waals surface area contributed by atoms with Gasteiger partial charge in [0.2, 0.25) is 0 Å². The van der Waals surface area contributed by atoms with Crippen molar-refractivity contribution in [2.75, 3.05) is 0 Å². The molecule has 0 N–H and O–H groups in total. The third-order valence-corrected chi connectivity index (χ3v) is 4.51. The van der Waals surface area contributed by atoms with Gasteiger partial charge in [-0.3, -0.25) is 0 Å². The summed E-state index contributed by atoms with van der Waals surface area (Å²) in [7, 11) is 0. The molecule has 3 rings (SSSR count). The summed E-state index contributed by atoms with van der Waals surface area (Å²) in [5, 5.41) is 0. The van der Waals surface area contributed by atoms with Crippen molar-refractivity contribution in [2.24, 2.45) is 0 Å². The number of hydrogen-bond donors (Lipinski definition) is 0. The van der Waals surface area contributed by atoms with Crippen LogP contribution in [0.2, 0.25) is 0 Å². The lowest BCUT2D eigenvalue weighted by Crippen LogP contribution is -2.13. The van der Waals surface area contributed by atoms with Crippen molar-refractivity contribution < 1.29 is 4.39 Å². The Labute approximate surface area is 114 Å². The fraction of sp³-hybridized carbons (Fsp3) is 0.333. The molecule has 0 unspecified atom stereocenters. The molecule has 2 aromatic rings. The highest BCUT2D eigenvalue weighted by atomic mass is 19.1. The molecule has 0 aliphatic heterocycles. The summed E-state index contributed by atoms with van der Waals surface area (Å²) in [4.78, 5) is 0. The first-order valence-electron chi connectivity index (χ1n) is 6.88. The minimum absolute atomic E-state index is 0.0657. The van der Waals surface area contributed by atoms with E-state index >= 15 is 0 Å². The van der Waals surface area contributed by atoms with Crippen molar-refractivity contribution in [2.45, 2.75) is 39.0 Å². The van der Waals surface area contributed by atoms with Gasteiger partial charge in [0.05, 0.1) is 0 Å². The second-order valence-corrected chi connectivity index (χ2v) is 5.81. The molecule has 1 aliphatic rings. The monoisotopic (exact) mass is 254 g/mol. The minimum Gasteiger partial charge on any atom is -0.207 e. The molecule has 19 heavy (non-hydrogen) atoms. The zero-order valence-electron chi connectivity index (χ0n) is 11.8. The van der Waals surface area contributed by atoms with E-state index in [1.54, 1.807) is 6.07 Å². The normalized spacial score (nSPS) is 16.4. The summed E-state index contributed by atoms with van der Waals surface area (Å²) in [6, 6.07) is 11.8. The fourth-order valence-corrected chi connectivity index (χ4v) is 3.08. The maximum atomic E-state index is 14.2. The molecular formula is C18H19F. The number of benzene rings is 2. The summed E-state index contributed by atoms with van der Waals surface area (Å²) in [6.45, 7) is 6.31. The van der Waals surface area contributed by atoms with Gasteiger partial charge in [-0.2, -0.15) is 0 Å². The minimum atomic E-state index is -0.0772. The van der Waals surface area contributed by atoms with E-state index in [1.165, 1.54) is 16.7 Å². The lowest BCUT2D eigenvalue weighted by atomic mass is 9.83. The van der Waals surface area contributed by atoms with Gasteiger partial charge in [0.25, 0.3) is 0 Å². The Bertz CT molecular complexity index is 632. The SMILES string of the molecule is Cc1ccc(F)c(C2(c3cccc(C)c3C)CC2)c1. The second kappa shape index (κ2) is 4.19. The molecule has 98 valence electrons. The van der Waals surface area contributed by atoms with Crippen LogP contribution in [-0.2, 0) is 5.41 Å². The van der Waals surface area contributed by atoms with Gasteiger partial charge in [-0.15, -0.1) is 0 Å². The highest BCUT2D eigenvalue weighted by Gasteiger charge is 2.48. The predicted octanol–water partition coefficient (Wildman–Crippen LogP) is 4.83. The van der Waals surface area contributed by atoms with Crippen molar-refractivity contribution in [1.82, 2.24) is 0 Å². The van der Waals surface area contributed by atoms with Crippen LogP contribution in [0, 0.1) is 26.6 Å². The Kier molecular flexibility index (Phi) is 2.74. The zero-order valence-corrected chi connectivity index (χ0v) is 11.8. The summed E-state index contributed by atoms with van der Waals surface area (Å²) in [5.74, 6) is -0.0657. The maximum Gasteiger partial charge on any atom is 0.127 e. The van der Waals surface area contributed by atoms with Crippen LogP contribution in [0.3, 0.4) is 0 Å². The molecule has 1 fully saturated rings. The van der Waals surface area contributed by atoms with Crippen LogP contribution in [-0.4, -0.2) is 0 Å². The Morgan fingerprint density at radius 2 is 1.68 bits per heavy atom. The van der Waals surface area contributed by atoms with Crippen LogP contribution >= 0.6 is 0 Å². The van der Waals surface area contributed by atoms with Crippen molar-refractivity contribution in [1.29, 1.82) is 0 Å². The molecule has 0 amide bonds. The van der Waals surface area contributed by atoms with Gasteiger partial charge in [0, 0.05) is 5.41 Å². The van der Waals surface area contributed by atoms with Crippen LogP contribution in [0.5, 0.6) is 0 Å². The van der Waals surface area contributed by atoms with E-state index < -0.39 is 0 Å². The molecule has 2 aromatic carbocycles. The molecule has 0 aromatic heterocycles. The van der Waals surface area contributed by atoms with Crippen molar-refractivity contribution in [3.05, 3.63) is 70.0 Å². The lowest BCUT2D eigenvalue weighted by molar-refractivity contribution is 0.593. The molecule has 1 heteroatoms. The maximum absolute atomic E-state index is 14.2. The molecule has 0 bridgehead atoms. The number of hydrogen-bond acceptors (Lipinski definition) is 0. The largest absolute Gasteiger partial charge is 0.207 e. The third-order valence-electron chi connectivity index (χ3n) is 4.51. The molecule has 0 nitrogen and oxygen atoms in total. The average Bonchev–Trinajstić information content (AvgIpc) is 3.17. The third kappa shape index (κ3) is 1.88. The highest BCUT2D eigenvalue weighted by molar-refractivity contribution is 5.51. The Morgan fingerprint density at radius 1 is 0.947 bits per heavy atom. The van der Waals surface area contributed by atoms with E-state index in [1.807, 2.05) is 19.1 Å². The van der Waals surface area contributed by atoms with Crippen molar-refractivity contribution in [3.63, 3.8) is 0 Å². The van der Waals surface area contributed by atoms with Gasteiger partial charge < -0.3 is 0 Å². The summed E-state index contributed by atoms with van der Waals surface area (Å²) < 4.78 is 14.2. The van der Waals surface area contributed by atoms with Crippen LogP contribution in [0.4, 0.5) is 4.39 Å². The van der Waals surface area contributed by atoms with Gasteiger partial charge >= 0.3 is 0 Å². The van der Waals surface area contributed by atoms with E-state index in [-0.39, 0.29) is 11.2 Å². The van der Waals surface area contributed by atoms with Gasteiger partial charge in [0.15, 0.2) is 0 Å². The standard InChI is InChI=1S/C18H19F/c1-12-7-8-17(19)16(11-12)18(9-10-18)15-6-4-5-13(2)14(15)3/h4-8,11H,9-10H2,1-3H3. The van der Waals surface area contributed by atoms with Gasteiger partial charge in [-0.1, -0.05) is 35.9 Å². The van der Waals surface area contributed by atoms with E-state index in [9.17, 15) is 4.39 Å². The Hall–Kier alpha value is -1.63. The quantitative estimate of drug-likeness (QED) is 0.720. The topological polar surface area (TPSA) is 0 Å². The second-order valence-electron chi connectivity index (χ2n) is 5.81. The van der Waals surface area contributed by atoms with Gasteiger partial charge in [0.1, 0.15) is 5.82 Å². The number of rotatable bonds is 2. The van der Waals surface area contributed by atoms with E-state index in [0.29, 0.717) is 0 Å². The van der Waals surface area contributed by atoms with Gasteiger partial charge in [-0.05, 0) is 61.9 Å². The first kappa shape index (κ1) is 12.4. The molecule has 0 heterocycles. The average molecular weight is 254 g/mol. The molecule has 0 atom stereocenters. The fourth-order valence-electron chi connectivity index (χ4n) is 3.08. The van der Waals surface area contributed by atoms with Crippen LogP contribution in [0.1, 0.15) is 40.7 Å². The molecule has 1 saturated carbocycles. The van der Waals surface area contributed by atoms with Gasteiger partial charge in [-0.25, -0.2) is 4.39 Å². The predicted molar refractivity (Wildman–Crippen MR) is 77.1 cm³/mol. The smallest absolute Gasteiger partial charge is 0.127 e. The van der Waals surface area contributed by atoms with Crippen LogP contribution in [0.15, 0.2) is 36.4 Å². The summed E-state index contributed by atoms with van der Waals surface area (Å²) >= 11 is 0. The number of aryl methyl sites for hydroxylation is 2. The molecule has 0 saturated heterocycles. The molecule has 0 spiro atoms.